The molecule has 0 spiro atoms. The Morgan fingerprint density at radius 3 is 2.54 bits per heavy atom. The molecule has 0 N–H and O–H groups in total. The Bertz CT molecular complexity index is 948. The highest BCUT2D eigenvalue weighted by Crippen LogP contribution is 2.29. The van der Waals surface area contributed by atoms with Crippen LogP contribution < -0.4 is 4.90 Å². The van der Waals surface area contributed by atoms with E-state index in [1.165, 1.54) is 11.2 Å². The topological polar surface area (TPSA) is 54.5 Å². The van der Waals surface area contributed by atoms with E-state index in [4.69, 9.17) is 0 Å². The largest absolute Gasteiger partial charge is 0.309 e. The van der Waals surface area contributed by atoms with E-state index in [1.807, 2.05) is 36.6 Å². The average Bonchev–Trinajstić information content (AvgIpc) is 2.64. The third-order valence-corrected chi connectivity index (χ3v) is 6.25. The third kappa shape index (κ3) is 4.19. The van der Waals surface area contributed by atoms with Gasteiger partial charge in [-0.05, 0) is 66.6 Å². The molecule has 0 aromatic heterocycles. The molecule has 1 aliphatic heterocycles. The minimum absolute atomic E-state index is 0.0907. The summed E-state index contributed by atoms with van der Waals surface area (Å²) in [4.78, 5) is 15.9. The molecule has 0 aliphatic carbocycles. The molecule has 3 rings (SSSR count). The predicted molar refractivity (Wildman–Crippen MR) is 107 cm³/mol. The number of hydrogen-bond donors (Lipinski definition) is 0. The number of rotatable bonds is 4. The Morgan fingerprint density at radius 2 is 1.88 bits per heavy atom. The molecule has 0 saturated carbocycles. The first-order chi connectivity index (χ1) is 12.4. The summed E-state index contributed by atoms with van der Waals surface area (Å²) in [6.07, 6.45) is 8.21. The Balaban J connectivity index is 1.82. The van der Waals surface area contributed by atoms with Gasteiger partial charge in [0, 0.05) is 29.5 Å². The van der Waals surface area contributed by atoms with Crippen molar-refractivity contribution in [2.45, 2.75) is 22.6 Å². The highest BCUT2D eigenvalue weighted by molar-refractivity contribution is 7.98. The summed E-state index contributed by atoms with van der Waals surface area (Å²) in [5.41, 5.74) is 2.68. The van der Waals surface area contributed by atoms with Crippen molar-refractivity contribution in [2.75, 3.05) is 24.0 Å². The molecule has 136 valence electrons. The number of sulfone groups is 1. The van der Waals surface area contributed by atoms with Gasteiger partial charge < -0.3 is 4.90 Å². The molecule has 0 atom stereocenters. The van der Waals surface area contributed by atoms with Gasteiger partial charge in [-0.15, -0.1) is 11.8 Å². The van der Waals surface area contributed by atoms with E-state index in [0.29, 0.717) is 11.4 Å². The van der Waals surface area contributed by atoms with Crippen LogP contribution in [0.1, 0.15) is 17.5 Å². The highest BCUT2D eigenvalue weighted by Gasteiger charge is 2.22. The van der Waals surface area contributed by atoms with E-state index < -0.39 is 9.84 Å². The third-order valence-electron chi connectivity index (χ3n) is 4.40. The maximum absolute atomic E-state index is 12.7. The van der Waals surface area contributed by atoms with Crippen molar-refractivity contribution in [2.24, 2.45) is 0 Å². The Labute approximate surface area is 158 Å². The lowest BCUT2D eigenvalue weighted by Crippen LogP contribution is -2.34. The summed E-state index contributed by atoms with van der Waals surface area (Å²) in [7, 11) is -3.25. The van der Waals surface area contributed by atoms with Gasteiger partial charge in [-0.3, -0.25) is 4.79 Å². The summed E-state index contributed by atoms with van der Waals surface area (Å²) in [6.45, 7) is 0.639. The lowest BCUT2D eigenvalue weighted by Gasteiger charge is -2.29. The van der Waals surface area contributed by atoms with E-state index in [9.17, 15) is 13.2 Å². The van der Waals surface area contributed by atoms with E-state index in [0.717, 1.165) is 29.7 Å². The maximum atomic E-state index is 12.7. The van der Waals surface area contributed by atoms with Crippen molar-refractivity contribution in [1.29, 1.82) is 0 Å². The number of carbonyl (C=O) groups excluding carboxylic acids is 1. The van der Waals surface area contributed by atoms with Gasteiger partial charge >= 0.3 is 0 Å². The zero-order valence-electron chi connectivity index (χ0n) is 14.8. The fourth-order valence-electron chi connectivity index (χ4n) is 3.01. The van der Waals surface area contributed by atoms with E-state index >= 15 is 0 Å². The van der Waals surface area contributed by atoms with Crippen LogP contribution in [0.15, 0.2) is 58.3 Å². The lowest BCUT2D eigenvalue weighted by molar-refractivity contribution is -0.114. The van der Waals surface area contributed by atoms with E-state index in [2.05, 4.69) is 0 Å². The second kappa shape index (κ2) is 7.68. The molecule has 26 heavy (non-hydrogen) atoms. The molecule has 0 bridgehead atoms. The first-order valence-corrected chi connectivity index (χ1v) is 11.5. The van der Waals surface area contributed by atoms with Crippen molar-refractivity contribution in [1.82, 2.24) is 0 Å². The van der Waals surface area contributed by atoms with Crippen molar-refractivity contribution >= 4 is 39.3 Å². The van der Waals surface area contributed by atoms with Crippen LogP contribution in [0.4, 0.5) is 5.69 Å². The number of fused-ring (bicyclic) bond motifs is 1. The number of aryl methyl sites for hydroxylation is 1. The quantitative estimate of drug-likeness (QED) is 0.591. The standard InChI is InChI=1S/C20H21NO3S2/c1-25-17-8-5-15(6-9-17)7-12-20(22)21-13-3-4-16-14-18(26(2,23)24)10-11-19(16)21/h5-12,14H,3-4,13H2,1-2H3/b12-7+. The number of carbonyl (C=O) groups is 1. The fraction of sp³-hybridized carbons (Fsp3) is 0.250. The molecule has 1 aliphatic rings. The van der Waals surface area contributed by atoms with Crippen LogP contribution in [0.3, 0.4) is 0 Å². The first kappa shape index (κ1) is 18.7. The number of anilines is 1. The molecule has 2 aromatic carbocycles. The molecule has 0 radical (unpaired) electrons. The molecule has 2 aromatic rings. The summed E-state index contributed by atoms with van der Waals surface area (Å²) in [5, 5.41) is 0. The normalized spacial score (nSPS) is 14.5. The van der Waals surface area contributed by atoms with Crippen molar-refractivity contribution in [3.8, 4) is 0 Å². The van der Waals surface area contributed by atoms with Gasteiger partial charge in [-0.2, -0.15) is 0 Å². The number of amides is 1. The van der Waals surface area contributed by atoms with Gasteiger partial charge in [-0.25, -0.2) is 8.42 Å². The number of hydrogen-bond acceptors (Lipinski definition) is 4. The zero-order valence-corrected chi connectivity index (χ0v) is 16.4. The second-order valence-electron chi connectivity index (χ2n) is 6.26. The zero-order chi connectivity index (χ0) is 18.7. The van der Waals surface area contributed by atoms with Crippen LogP contribution in [0.2, 0.25) is 0 Å². The number of thioether (sulfide) groups is 1. The molecular weight excluding hydrogens is 366 g/mol. The summed E-state index contributed by atoms with van der Waals surface area (Å²) >= 11 is 1.68. The van der Waals surface area contributed by atoms with Gasteiger partial charge in [0.25, 0.3) is 5.91 Å². The molecular formula is C20H21NO3S2. The molecule has 0 unspecified atom stereocenters. The molecule has 4 nitrogen and oxygen atoms in total. The van der Waals surface area contributed by atoms with E-state index in [1.54, 1.807) is 40.9 Å². The predicted octanol–water partition coefficient (Wildman–Crippen LogP) is 3.80. The fourth-order valence-corrected chi connectivity index (χ4v) is 4.09. The molecule has 1 amide bonds. The van der Waals surface area contributed by atoms with Crippen LogP contribution in [-0.4, -0.2) is 33.4 Å². The monoisotopic (exact) mass is 387 g/mol. The summed E-state index contributed by atoms with van der Waals surface area (Å²) < 4.78 is 23.5. The van der Waals surface area contributed by atoms with Crippen molar-refractivity contribution in [3.63, 3.8) is 0 Å². The molecule has 6 heteroatoms. The summed E-state index contributed by atoms with van der Waals surface area (Å²) in [6, 6.07) is 13.0. The van der Waals surface area contributed by atoms with Crippen LogP contribution >= 0.6 is 11.8 Å². The van der Waals surface area contributed by atoms with Crippen molar-refractivity contribution in [3.05, 3.63) is 59.7 Å². The van der Waals surface area contributed by atoms with Crippen LogP contribution in [0.5, 0.6) is 0 Å². The Hall–Kier alpha value is -2.05. The first-order valence-electron chi connectivity index (χ1n) is 8.35. The maximum Gasteiger partial charge on any atom is 0.250 e. The van der Waals surface area contributed by atoms with Gasteiger partial charge in [0.15, 0.2) is 9.84 Å². The molecule has 1 heterocycles. The van der Waals surface area contributed by atoms with Crippen LogP contribution in [-0.2, 0) is 21.1 Å². The molecule has 0 saturated heterocycles. The highest BCUT2D eigenvalue weighted by atomic mass is 32.2. The average molecular weight is 388 g/mol. The summed E-state index contributed by atoms with van der Waals surface area (Å²) in [5.74, 6) is -0.0907. The van der Waals surface area contributed by atoms with Crippen molar-refractivity contribution < 1.29 is 13.2 Å². The van der Waals surface area contributed by atoms with Gasteiger partial charge in [-0.1, -0.05) is 12.1 Å². The molecule has 0 fully saturated rings. The minimum atomic E-state index is -3.25. The van der Waals surface area contributed by atoms with Crippen LogP contribution in [0, 0.1) is 0 Å². The number of nitrogens with zero attached hydrogens (tertiary/aromatic N) is 1. The van der Waals surface area contributed by atoms with Gasteiger partial charge in [0.1, 0.15) is 0 Å². The van der Waals surface area contributed by atoms with E-state index in [-0.39, 0.29) is 5.91 Å². The smallest absolute Gasteiger partial charge is 0.250 e. The Morgan fingerprint density at radius 1 is 1.15 bits per heavy atom. The van der Waals surface area contributed by atoms with Gasteiger partial charge in [0.05, 0.1) is 4.90 Å². The number of benzene rings is 2. The second-order valence-corrected chi connectivity index (χ2v) is 9.16. The lowest BCUT2D eigenvalue weighted by atomic mass is 10.0. The Kier molecular flexibility index (Phi) is 5.53. The SMILES string of the molecule is CSc1ccc(/C=C/C(=O)N2CCCc3cc(S(C)(=O)=O)ccc32)cc1. The minimum Gasteiger partial charge on any atom is -0.309 e. The van der Waals surface area contributed by atoms with Gasteiger partial charge in [0.2, 0.25) is 0 Å². The van der Waals surface area contributed by atoms with Crippen LogP contribution in [0.25, 0.3) is 6.08 Å².